The van der Waals surface area contributed by atoms with Gasteiger partial charge >= 0.3 is 0 Å². The van der Waals surface area contributed by atoms with Gasteiger partial charge in [0.2, 0.25) is 5.91 Å². The van der Waals surface area contributed by atoms with Crippen molar-refractivity contribution in [1.29, 1.82) is 5.26 Å². The molecule has 1 atom stereocenters. The van der Waals surface area contributed by atoms with Crippen LogP contribution in [-0.2, 0) is 11.3 Å². The summed E-state index contributed by atoms with van der Waals surface area (Å²) >= 11 is 0. The largest absolute Gasteiger partial charge is 0.340 e. The summed E-state index contributed by atoms with van der Waals surface area (Å²) in [5.74, 6) is -0.509. The molecule has 5 heteroatoms. The second-order valence-electron chi connectivity index (χ2n) is 4.86. The number of halogens is 1. The highest BCUT2D eigenvalue weighted by Crippen LogP contribution is 2.12. The summed E-state index contributed by atoms with van der Waals surface area (Å²) in [6.07, 6.45) is 0.940. The van der Waals surface area contributed by atoms with E-state index in [0.29, 0.717) is 11.1 Å². The number of nitrogens with one attached hydrogen (secondary N) is 1. The fourth-order valence-electron chi connectivity index (χ4n) is 1.65. The third-order valence-corrected chi connectivity index (χ3v) is 3.22. The van der Waals surface area contributed by atoms with Gasteiger partial charge in [-0.2, -0.15) is 5.26 Å². The zero-order chi connectivity index (χ0) is 15.1. The van der Waals surface area contributed by atoms with Gasteiger partial charge in [0.1, 0.15) is 5.82 Å². The maximum Gasteiger partial charge on any atom is 0.236 e. The standard InChI is InChI=1S/C15H20FN3O/c1-4-11(2)18-9-15(20)19(3)10-13-7-12(8-17)5-6-14(13)16/h5-7,11,18H,4,9-10H2,1-3H3. The third kappa shape index (κ3) is 4.63. The second kappa shape index (κ2) is 7.61. The average molecular weight is 277 g/mol. The number of hydrogen-bond donors (Lipinski definition) is 1. The number of benzene rings is 1. The van der Waals surface area contributed by atoms with Crippen LogP contribution in [0.1, 0.15) is 31.4 Å². The molecular formula is C15H20FN3O. The summed E-state index contributed by atoms with van der Waals surface area (Å²) in [5, 5.41) is 11.9. The summed E-state index contributed by atoms with van der Waals surface area (Å²) < 4.78 is 13.6. The van der Waals surface area contributed by atoms with Crippen LogP contribution in [0.4, 0.5) is 4.39 Å². The molecule has 0 heterocycles. The van der Waals surface area contributed by atoms with Gasteiger partial charge in [0.05, 0.1) is 18.2 Å². The molecule has 0 radical (unpaired) electrons. The summed E-state index contributed by atoms with van der Waals surface area (Å²) in [6.45, 7) is 4.42. The number of carbonyl (C=O) groups excluding carboxylic acids is 1. The first-order chi connectivity index (χ1) is 9.47. The third-order valence-electron chi connectivity index (χ3n) is 3.22. The van der Waals surface area contributed by atoms with Gasteiger partial charge in [0, 0.05) is 25.2 Å². The zero-order valence-electron chi connectivity index (χ0n) is 12.1. The number of nitrogens with zero attached hydrogens (tertiary/aromatic N) is 2. The smallest absolute Gasteiger partial charge is 0.236 e. The molecule has 1 aromatic rings. The Morgan fingerprint density at radius 3 is 2.85 bits per heavy atom. The van der Waals surface area contributed by atoms with Crippen molar-refractivity contribution in [1.82, 2.24) is 10.2 Å². The molecule has 20 heavy (non-hydrogen) atoms. The Kier molecular flexibility index (Phi) is 6.13. The normalized spacial score (nSPS) is 11.8. The Labute approximate surface area is 119 Å². The molecule has 0 aromatic heterocycles. The maximum atomic E-state index is 13.6. The maximum absolute atomic E-state index is 13.6. The van der Waals surface area contributed by atoms with Crippen LogP contribution in [0.5, 0.6) is 0 Å². The van der Waals surface area contributed by atoms with Crippen LogP contribution in [0, 0.1) is 17.1 Å². The minimum atomic E-state index is -0.404. The van der Waals surface area contributed by atoms with Gasteiger partial charge in [-0.15, -0.1) is 0 Å². The van der Waals surface area contributed by atoms with Crippen LogP contribution in [0.15, 0.2) is 18.2 Å². The minimum Gasteiger partial charge on any atom is -0.340 e. The highest BCUT2D eigenvalue weighted by Gasteiger charge is 2.13. The number of nitriles is 1. The first-order valence-electron chi connectivity index (χ1n) is 6.63. The van der Waals surface area contributed by atoms with E-state index in [9.17, 15) is 9.18 Å². The van der Waals surface area contributed by atoms with Crippen molar-refractivity contribution in [2.24, 2.45) is 0 Å². The van der Waals surface area contributed by atoms with Gasteiger partial charge in [-0.25, -0.2) is 4.39 Å². The topological polar surface area (TPSA) is 56.1 Å². The van der Waals surface area contributed by atoms with E-state index < -0.39 is 5.82 Å². The Balaban J connectivity index is 2.64. The minimum absolute atomic E-state index is 0.105. The highest BCUT2D eigenvalue weighted by atomic mass is 19.1. The van der Waals surface area contributed by atoms with Crippen molar-refractivity contribution >= 4 is 5.91 Å². The second-order valence-corrected chi connectivity index (χ2v) is 4.86. The molecule has 0 spiro atoms. The van der Waals surface area contributed by atoms with Crippen LogP contribution in [0.25, 0.3) is 0 Å². The van der Waals surface area contributed by atoms with Crippen molar-refractivity contribution in [2.45, 2.75) is 32.9 Å². The van der Waals surface area contributed by atoms with Gasteiger partial charge in [0.15, 0.2) is 0 Å². The van der Waals surface area contributed by atoms with Crippen molar-refractivity contribution in [3.8, 4) is 6.07 Å². The average Bonchev–Trinajstić information content (AvgIpc) is 2.46. The summed E-state index contributed by atoms with van der Waals surface area (Å²) in [7, 11) is 1.62. The molecule has 1 rings (SSSR count). The van der Waals surface area contributed by atoms with Crippen LogP contribution in [-0.4, -0.2) is 30.4 Å². The molecule has 0 aliphatic carbocycles. The van der Waals surface area contributed by atoms with E-state index in [1.54, 1.807) is 7.05 Å². The molecule has 0 saturated heterocycles. The molecule has 4 nitrogen and oxygen atoms in total. The summed E-state index contributed by atoms with van der Waals surface area (Å²) in [4.78, 5) is 13.4. The van der Waals surface area contributed by atoms with E-state index in [0.717, 1.165) is 6.42 Å². The monoisotopic (exact) mass is 277 g/mol. The molecule has 1 aromatic carbocycles. The molecule has 0 aliphatic rings. The summed E-state index contributed by atoms with van der Waals surface area (Å²) in [5.41, 5.74) is 0.739. The SMILES string of the molecule is CCC(C)NCC(=O)N(C)Cc1cc(C#N)ccc1F. The van der Waals surface area contributed by atoms with Gasteiger partial charge in [-0.3, -0.25) is 4.79 Å². The Bertz CT molecular complexity index is 510. The lowest BCUT2D eigenvalue weighted by Gasteiger charge is -2.19. The van der Waals surface area contributed by atoms with E-state index in [4.69, 9.17) is 5.26 Å². The molecule has 1 N–H and O–H groups in total. The van der Waals surface area contributed by atoms with E-state index >= 15 is 0 Å². The van der Waals surface area contributed by atoms with Crippen LogP contribution in [0.3, 0.4) is 0 Å². The first-order valence-corrected chi connectivity index (χ1v) is 6.63. The zero-order valence-corrected chi connectivity index (χ0v) is 12.1. The molecule has 1 amide bonds. The van der Waals surface area contributed by atoms with Crippen LogP contribution >= 0.6 is 0 Å². The van der Waals surface area contributed by atoms with Gasteiger partial charge in [-0.05, 0) is 31.5 Å². The number of carbonyl (C=O) groups is 1. The molecular weight excluding hydrogens is 257 g/mol. The van der Waals surface area contributed by atoms with Crippen molar-refractivity contribution in [3.05, 3.63) is 35.1 Å². The first kappa shape index (κ1) is 16.1. The number of hydrogen-bond acceptors (Lipinski definition) is 3. The van der Waals surface area contributed by atoms with E-state index in [2.05, 4.69) is 5.32 Å². The van der Waals surface area contributed by atoms with Crippen molar-refractivity contribution in [3.63, 3.8) is 0 Å². The Morgan fingerprint density at radius 2 is 2.25 bits per heavy atom. The highest BCUT2D eigenvalue weighted by molar-refractivity contribution is 5.78. The molecule has 0 saturated carbocycles. The van der Waals surface area contributed by atoms with E-state index in [1.165, 1.54) is 23.1 Å². The van der Waals surface area contributed by atoms with E-state index in [1.807, 2.05) is 19.9 Å². The fraction of sp³-hybridized carbons (Fsp3) is 0.467. The number of rotatable bonds is 6. The summed E-state index contributed by atoms with van der Waals surface area (Å²) in [6, 6.07) is 6.38. The van der Waals surface area contributed by atoms with E-state index in [-0.39, 0.29) is 25.0 Å². The number of likely N-dealkylation sites (N-methyl/N-ethyl adjacent to an activating group) is 1. The van der Waals surface area contributed by atoms with Crippen LogP contribution < -0.4 is 5.32 Å². The van der Waals surface area contributed by atoms with Crippen molar-refractivity contribution < 1.29 is 9.18 Å². The molecule has 0 aliphatic heterocycles. The lowest BCUT2D eigenvalue weighted by molar-refractivity contribution is -0.129. The molecule has 0 bridgehead atoms. The molecule has 0 fully saturated rings. The molecule has 108 valence electrons. The Morgan fingerprint density at radius 1 is 1.55 bits per heavy atom. The van der Waals surface area contributed by atoms with Gasteiger partial charge in [-0.1, -0.05) is 6.92 Å². The van der Waals surface area contributed by atoms with Gasteiger partial charge < -0.3 is 10.2 Å². The lowest BCUT2D eigenvalue weighted by atomic mass is 10.1. The Hall–Kier alpha value is -1.93. The lowest BCUT2D eigenvalue weighted by Crippen LogP contribution is -2.38. The quantitative estimate of drug-likeness (QED) is 0.865. The van der Waals surface area contributed by atoms with Gasteiger partial charge in [0.25, 0.3) is 0 Å². The predicted molar refractivity (Wildman–Crippen MR) is 75.3 cm³/mol. The predicted octanol–water partition coefficient (Wildman–Crippen LogP) is 2.04. The molecule has 1 unspecified atom stereocenters. The van der Waals surface area contributed by atoms with Crippen molar-refractivity contribution in [2.75, 3.05) is 13.6 Å². The fourth-order valence-corrected chi connectivity index (χ4v) is 1.65. The number of amides is 1. The van der Waals surface area contributed by atoms with Crippen LogP contribution in [0.2, 0.25) is 0 Å².